The summed E-state index contributed by atoms with van der Waals surface area (Å²) < 4.78 is 5.48. The maximum atomic E-state index is 12.3. The molecule has 1 aromatic rings. The molecule has 2 aliphatic rings. The molecule has 26 heavy (non-hydrogen) atoms. The lowest BCUT2D eigenvalue weighted by molar-refractivity contribution is -0.119. The molecule has 1 saturated heterocycles. The summed E-state index contributed by atoms with van der Waals surface area (Å²) in [6.07, 6.45) is -0.257. The third-order valence-electron chi connectivity index (χ3n) is 5.10. The SMILES string of the molecule is C[C@@H]1CN(C(=O)OC(C)(C)C)CCN1c1ccc2c(c1)NC(=O)C2(C)C. The van der Waals surface area contributed by atoms with Gasteiger partial charge < -0.3 is 19.9 Å². The number of benzene rings is 1. The maximum Gasteiger partial charge on any atom is 0.410 e. The Morgan fingerprint density at radius 2 is 1.96 bits per heavy atom. The van der Waals surface area contributed by atoms with Crippen LogP contribution in [0.5, 0.6) is 0 Å². The highest BCUT2D eigenvalue weighted by molar-refractivity contribution is 6.06. The van der Waals surface area contributed by atoms with Gasteiger partial charge in [0.1, 0.15) is 5.60 Å². The van der Waals surface area contributed by atoms with Gasteiger partial charge in [-0.25, -0.2) is 4.79 Å². The van der Waals surface area contributed by atoms with E-state index in [0.29, 0.717) is 13.1 Å². The van der Waals surface area contributed by atoms with Crippen molar-refractivity contribution in [2.45, 2.75) is 58.6 Å². The Bertz CT molecular complexity index is 736. The van der Waals surface area contributed by atoms with E-state index in [-0.39, 0.29) is 18.0 Å². The number of anilines is 2. The average molecular weight is 359 g/mol. The van der Waals surface area contributed by atoms with Crippen molar-refractivity contribution in [3.05, 3.63) is 23.8 Å². The molecule has 0 radical (unpaired) electrons. The average Bonchev–Trinajstić information content (AvgIpc) is 2.74. The molecule has 0 saturated carbocycles. The number of amides is 2. The molecule has 0 aromatic heterocycles. The van der Waals surface area contributed by atoms with E-state index in [2.05, 4.69) is 23.2 Å². The monoisotopic (exact) mass is 359 g/mol. The summed E-state index contributed by atoms with van der Waals surface area (Å²) in [5.41, 5.74) is 2.01. The molecule has 1 fully saturated rings. The topological polar surface area (TPSA) is 61.9 Å². The summed E-state index contributed by atoms with van der Waals surface area (Å²) in [5, 5.41) is 2.98. The van der Waals surface area contributed by atoms with E-state index in [1.54, 1.807) is 4.90 Å². The molecular weight excluding hydrogens is 330 g/mol. The predicted octanol–water partition coefficient (Wildman–Crippen LogP) is 3.36. The van der Waals surface area contributed by atoms with Crippen molar-refractivity contribution in [3.8, 4) is 0 Å². The molecule has 6 nitrogen and oxygen atoms in total. The van der Waals surface area contributed by atoms with Gasteiger partial charge in [0, 0.05) is 37.1 Å². The summed E-state index contributed by atoms with van der Waals surface area (Å²) >= 11 is 0. The number of nitrogens with one attached hydrogen (secondary N) is 1. The normalized spacial score (nSPS) is 22.1. The van der Waals surface area contributed by atoms with Gasteiger partial charge in [0.05, 0.1) is 5.41 Å². The fourth-order valence-corrected chi connectivity index (χ4v) is 3.59. The zero-order chi connectivity index (χ0) is 19.3. The first-order chi connectivity index (χ1) is 12.0. The first-order valence-electron chi connectivity index (χ1n) is 9.19. The molecule has 0 unspecified atom stereocenters. The summed E-state index contributed by atoms with van der Waals surface area (Å²) in [6.45, 7) is 13.6. The van der Waals surface area contributed by atoms with Gasteiger partial charge in [-0.1, -0.05) is 6.07 Å². The first-order valence-corrected chi connectivity index (χ1v) is 9.19. The lowest BCUT2D eigenvalue weighted by atomic mass is 9.86. The molecule has 1 aromatic carbocycles. The van der Waals surface area contributed by atoms with E-state index in [1.165, 1.54) is 0 Å². The van der Waals surface area contributed by atoms with Crippen molar-refractivity contribution in [2.75, 3.05) is 29.9 Å². The summed E-state index contributed by atoms with van der Waals surface area (Å²) in [7, 11) is 0. The number of rotatable bonds is 1. The molecular formula is C20H29N3O3. The zero-order valence-electron chi connectivity index (χ0n) is 16.5. The Morgan fingerprint density at radius 3 is 2.58 bits per heavy atom. The lowest BCUT2D eigenvalue weighted by Crippen LogP contribution is -2.54. The second-order valence-corrected chi connectivity index (χ2v) is 8.78. The Morgan fingerprint density at radius 1 is 1.27 bits per heavy atom. The van der Waals surface area contributed by atoms with Crippen LogP contribution in [0.1, 0.15) is 47.1 Å². The molecule has 0 aliphatic carbocycles. The van der Waals surface area contributed by atoms with Gasteiger partial charge in [-0.05, 0) is 59.2 Å². The van der Waals surface area contributed by atoms with Crippen molar-refractivity contribution < 1.29 is 14.3 Å². The van der Waals surface area contributed by atoms with Crippen LogP contribution >= 0.6 is 0 Å². The first kappa shape index (κ1) is 18.5. The van der Waals surface area contributed by atoms with E-state index in [0.717, 1.165) is 23.5 Å². The third-order valence-corrected chi connectivity index (χ3v) is 5.10. The molecule has 1 atom stereocenters. The Labute approximate surface area is 155 Å². The van der Waals surface area contributed by atoms with Crippen LogP contribution < -0.4 is 10.2 Å². The number of ether oxygens (including phenoxy) is 1. The van der Waals surface area contributed by atoms with Crippen molar-refractivity contribution in [2.24, 2.45) is 0 Å². The number of piperazine rings is 1. The molecule has 2 amide bonds. The van der Waals surface area contributed by atoms with Crippen LogP contribution in [-0.2, 0) is 14.9 Å². The van der Waals surface area contributed by atoms with Crippen LogP contribution in [0.25, 0.3) is 0 Å². The molecule has 2 heterocycles. The van der Waals surface area contributed by atoms with E-state index >= 15 is 0 Å². The van der Waals surface area contributed by atoms with E-state index in [4.69, 9.17) is 4.74 Å². The predicted molar refractivity (Wildman–Crippen MR) is 103 cm³/mol. The fraction of sp³-hybridized carbons (Fsp3) is 0.600. The Kier molecular flexibility index (Phi) is 4.41. The highest BCUT2D eigenvalue weighted by Gasteiger charge is 2.39. The van der Waals surface area contributed by atoms with Crippen LogP contribution in [0.2, 0.25) is 0 Å². The molecule has 142 valence electrons. The maximum absolute atomic E-state index is 12.3. The van der Waals surface area contributed by atoms with Crippen molar-refractivity contribution in [3.63, 3.8) is 0 Å². The summed E-state index contributed by atoms with van der Waals surface area (Å²) in [5.74, 6) is 0.0347. The number of nitrogens with zero attached hydrogens (tertiary/aromatic N) is 2. The molecule has 1 N–H and O–H groups in total. The molecule has 0 bridgehead atoms. The minimum absolute atomic E-state index is 0.0347. The number of fused-ring (bicyclic) bond motifs is 1. The largest absolute Gasteiger partial charge is 0.444 e. The smallest absolute Gasteiger partial charge is 0.410 e. The third kappa shape index (κ3) is 3.37. The Hall–Kier alpha value is -2.24. The zero-order valence-corrected chi connectivity index (χ0v) is 16.5. The number of hydrogen-bond acceptors (Lipinski definition) is 4. The van der Waals surface area contributed by atoms with Gasteiger partial charge >= 0.3 is 6.09 Å². The highest BCUT2D eigenvalue weighted by Crippen LogP contribution is 2.39. The number of hydrogen-bond donors (Lipinski definition) is 1. The van der Waals surface area contributed by atoms with Gasteiger partial charge in [-0.2, -0.15) is 0 Å². The molecule has 0 spiro atoms. The van der Waals surface area contributed by atoms with Crippen LogP contribution in [-0.4, -0.2) is 48.2 Å². The second-order valence-electron chi connectivity index (χ2n) is 8.78. The number of carbonyl (C=O) groups excluding carboxylic acids is 2. The fourth-order valence-electron chi connectivity index (χ4n) is 3.59. The molecule has 2 aliphatic heterocycles. The second kappa shape index (κ2) is 6.18. The summed E-state index contributed by atoms with van der Waals surface area (Å²) in [6, 6.07) is 6.32. The van der Waals surface area contributed by atoms with Gasteiger partial charge in [0.25, 0.3) is 0 Å². The van der Waals surface area contributed by atoms with E-state index in [9.17, 15) is 9.59 Å². The Balaban J connectivity index is 1.72. The van der Waals surface area contributed by atoms with Crippen molar-refractivity contribution in [1.82, 2.24) is 4.90 Å². The van der Waals surface area contributed by atoms with Gasteiger partial charge in [-0.15, -0.1) is 0 Å². The van der Waals surface area contributed by atoms with E-state index < -0.39 is 11.0 Å². The lowest BCUT2D eigenvalue weighted by Gasteiger charge is -2.41. The van der Waals surface area contributed by atoms with Crippen molar-refractivity contribution >= 4 is 23.4 Å². The minimum Gasteiger partial charge on any atom is -0.444 e. The summed E-state index contributed by atoms with van der Waals surface area (Å²) in [4.78, 5) is 28.5. The van der Waals surface area contributed by atoms with Crippen LogP contribution in [0, 0.1) is 0 Å². The highest BCUT2D eigenvalue weighted by atomic mass is 16.6. The number of carbonyl (C=O) groups is 2. The van der Waals surface area contributed by atoms with Crippen molar-refractivity contribution in [1.29, 1.82) is 0 Å². The van der Waals surface area contributed by atoms with Gasteiger partial charge in [0.2, 0.25) is 5.91 Å². The molecule has 3 rings (SSSR count). The molecule has 6 heteroatoms. The van der Waals surface area contributed by atoms with Crippen LogP contribution in [0.15, 0.2) is 18.2 Å². The standard InChI is InChI=1S/C20H29N3O3/c1-13-12-22(18(25)26-19(2,3)4)9-10-23(13)14-7-8-15-16(11-14)21-17(24)20(15,5)6/h7-8,11,13H,9-10,12H2,1-6H3,(H,21,24)/t13-/m1/s1. The van der Waals surface area contributed by atoms with E-state index in [1.807, 2.05) is 46.8 Å². The quantitative estimate of drug-likeness (QED) is 0.835. The van der Waals surface area contributed by atoms with Gasteiger partial charge in [0.15, 0.2) is 0 Å². The van der Waals surface area contributed by atoms with Crippen LogP contribution in [0.4, 0.5) is 16.2 Å². The minimum atomic E-state index is -0.491. The van der Waals surface area contributed by atoms with Gasteiger partial charge in [-0.3, -0.25) is 4.79 Å². The van der Waals surface area contributed by atoms with Crippen LogP contribution in [0.3, 0.4) is 0 Å².